The van der Waals surface area contributed by atoms with Crippen LogP contribution in [0.1, 0.15) is 38.2 Å². The highest BCUT2D eigenvalue weighted by Gasteiger charge is 2.40. The van der Waals surface area contributed by atoms with Gasteiger partial charge in [-0.05, 0) is 44.7 Å². The van der Waals surface area contributed by atoms with E-state index in [0.29, 0.717) is 25.9 Å². The lowest BCUT2D eigenvalue weighted by atomic mass is 10.0. The van der Waals surface area contributed by atoms with Crippen LogP contribution in [-0.2, 0) is 14.8 Å². The van der Waals surface area contributed by atoms with Crippen molar-refractivity contribution in [2.24, 2.45) is 0 Å². The quantitative estimate of drug-likeness (QED) is 0.865. The number of amides is 3. The molecule has 0 unspecified atom stereocenters. The molecule has 2 aliphatic rings. The van der Waals surface area contributed by atoms with Crippen molar-refractivity contribution >= 4 is 22.0 Å². The SMILES string of the molecule is CC(=O)N1CCC(N(C(=O)NS(=O)(=O)c2ccc(C)cc2)C2CC2)CC1. The summed E-state index contributed by atoms with van der Waals surface area (Å²) in [5.41, 5.74) is 0.951. The van der Waals surface area contributed by atoms with Gasteiger partial charge in [0.2, 0.25) is 5.91 Å². The summed E-state index contributed by atoms with van der Waals surface area (Å²) in [6.45, 7) is 4.61. The summed E-state index contributed by atoms with van der Waals surface area (Å²) in [5, 5.41) is 0. The van der Waals surface area contributed by atoms with Crippen LogP contribution >= 0.6 is 0 Å². The van der Waals surface area contributed by atoms with Crippen LogP contribution in [0.2, 0.25) is 0 Å². The smallest absolute Gasteiger partial charge is 0.331 e. The highest BCUT2D eigenvalue weighted by atomic mass is 32.2. The highest BCUT2D eigenvalue weighted by Crippen LogP contribution is 2.32. The van der Waals surface area contributed by atoms with Crippen molar-refractivity contribution in [3.05, 3.63) is 29.8 Å². The fraction of sp³-hybridized carbons (Fsp3) is 0.556. The topological polar surface area (TPSA) is 86.8 Å². The van der Waals surface area contributed by atoms with E-state index in [1.165, 1.54) is 12.1 Å². The van der Waals surface area contributed by atoms with E-state index in [1.54, 1.807) is 28.9 Å². The Balaban J connectivity index is 1.70. The lowest BCUT2D eigenvalue weighted by Gasteiger charge is -2.38. The van der Waals surface area contributed by atoms with Gasteiger partial charge in [-0.25, -0.2) is 17.9 Å². The molecular weight excluding hydrogens is 354 g/mol. The molecule has 26 heavy (non-hydrogen) atoms. The summed E-state index contributed by atoms with van der Waals surface area (Å²) in [5.74, 6) is 0.0350. The van der Waals surface area contributed by atoms with Crippen molar-refractivity contribution in [3.63, 3.8) is 0 Å². The summed E-state index contributed by atoms with van der Waals surface area (Å²) >= 11 is 0. The van der Waals surface area contributed by atoms with Crippen LogP contribution in [0.25, 0.3) is 0 Å². The molecule has 3 amide bonds. The molecule has 0 spiro atoms. The summed E-state index contributed by atoms with van der Waals surface area (Å²) in [4.78, 5) is 27.8. The maximum absolute atomic E-state index is 12.8. The van der Waals surface area contributed by atoms with Crippen molar-refractivity contribution in [1.29, 1.82) is 0 Å². The van der Waals surface area contributed by atoms with Gasteiger partial charge < -0.3 is 9.80 Å². The fourth-order valence-electron chi connectivity index (χ4n) is 3.39. The lowest BCUT2D eigenvalue weighted by Crippen LogP contribution is -2.53. The Bertz CT molecular complexity index is 779. The van der Waals surface area contributed by atoms with Gasteiger partial charge in [-0.2, -0.15) is 0 Å². The second kappa shape index (κ2) is 7.26. The number of hydrogen-bond donors (Lipinski definition) is 1. The first kappa shape index (κ1) is 18.7. The van der Waals surface area contributed by atoms with Crippen molar-refractivity contribution in [2.75, 3.05) is 13.1 Å². The second-order valence-corrected chi connectivity index (χ2v) is 8.78. The van der Waals surface area contributed by atoms with E-state index in [2.05, 4.69) is 4.72 Å². The van der Waals surface area contributed by atoms with E-state index in [9.17, 15) is 18.0 Å². The Morgan fingerprint density at radius 3 is 2.08 bits per heavy atom. The van der Waals surface area contributed by atoms with Crippen LogP contribution in [0.4, 0.5) is 4.79 Å². The molecule has 0 bridgehead atoms. The van der Waals surface area contributed by atoms with Gasteiger partial charge in [0.1, 0.15) is 0 Å². The minimum Gasteiger partial charge on any atom is -0.343 e. The normalized spacial score (nSPS) is 18.5. The number of sulfonamides is 1. The van der Waals surface area contributed by atoms with E-state index in [4.69, 9.17) is 0 Å². The minimum absolute atomic E-state index is 0.0350. The van der Waals surface area contributed by atoms with Gasteiger partial charge in [0.25, 0.3) is 10.0 Å². The Labute approximate surface area is 154 Å². The van der Waals surface area contributed by atoms with E-state index < -0.39 is 16.1 Å². The predicted octanol–water partition coefficient (Wildman–Crippen LogP) is 1.87. The van der Waals surface area contributed by atoms with Crippen molar-refractivity contribution in [1.82, 2.24) is 14.5 Å². The summed E-state index contributed by atoms with van der Waals surface area (Å²) < 4.78 is 27.3. The summed E-state index contributed by atoms with van der Waals surface area (Å²) in [6.07, 6.45) is 3.14. The minimum atomic E-state index is -3.90. The zero-order valence-corrected chi connectivity index (χ0v) is 16.0. The van der Waals surface area contributed by atoms with Crippen LogP contribution < -0.4 is 4.72 Å². The molecule has 2 fully saturated rings. The monoisotopic (exact) mass is 379 g/mol. The molecular formula is C18H25N3O4S. The van der Waals surface area contributed by atoms with Crippen molar-refractivity contribution in [2.45, 2.75) is 56.5 Å². The summed E-state index contributed by atoms with van der Waals surface area (Å²) in [7, 11) is -3.90. The molecule has 1 saturated carbocycles. The van der Waals surface area contributed by atoms with E-state index >= 15 is 0 Å². The second-order valence-electron chi connectivity index (χ2n) is 7.10. The predicted molar refractivity (Wildman–Crippen MR) is 97.0 cm³/mol. The van der Waals surface area contributed by atoms with Gasteiger partial charge in [-0.15, -0.1) is 0 Å². The van der Waals surface area contributed by atoms with Crippen molar-refractivity contribution < 1.29 is 18.0 Å². The number of piperidine rings is 1. The van der Waals surface area contributed by atoms with E-state index in [1.807, 2.05) is 6.92 Å². The third-order valence-corrected chi connectivity index (χ3v) is 6.37. The third-order valence-electron chi connectivity index (χ3n) is 5.03. The van der Waals surface area contributed by atoms with Crippen LogP contribution in [0, 0.1) is 6.92 Å². The average Bonchev–Trinajstić information content (AvgIpc) is 3.40. The van der Waals surface area contributed by atoms with Gasteiger partial charge in [0.15, 0.2) is 0 Å². The molecule has 142 valence electrons. The largest absolute Gasteiger partial charge is 0.343 e. The Kier molecular flexibility index (Phi) is 5.22. The number of carbonyl (C=O) groups excluding carboxylic acids is 2. The van der Waals surface area contributed by atoms with Gasteiger partial charge >= 0.3 is 6.03 Å². The fourth-order valence-corrected chi connectivity index (χ4v) is 4.33. The standard InChI is InChI=1S/C18H25N3O4S/c1-13-3-7-17(8-4-13)26(24,25)19-18(23)21(15-5-6-15)16-9-11-20(12-10-16)14(2)22/h3-4,7-8,15-16H,5-6,9-12H2,1-2H3,(H,19,23). The third kappa shape index (κ3) is 4.17. The Hall–Kier alpha value is -2.09. The molecule has 0 radical (unpaired) electrons. The number of likely N-dealkylation sites (tertiary alicyclic amines) is 1. The highest BCUT2D eigenvalue weighted by molar-refractivity contribution is 7.90. The first-order chi connectivity index (χ1) is 12.3. The van der Waals surface area contributed by atoms with Gasteiger partial charge in [-0.1, -0.05) is 17.7 Å². The number of carbonyl (C=O) groups is 2. The summed E-state index contributed by atoms with van der Waals surface area (Å²) in [6, 6.07) is 5.90. The molecule has 0 atom stereocenters. The molecule has 1 aromatic rings. The number of benzene rings is 1. The van der Waals surface area contributed by atoms with Crippen molar-refractivity contribution in [3.8, 4) is 0 Å². The molecule has 1 aliphatic carbocycles. The van der Waals surface area contributed by atoms with E-state index in [-0.39, 0.29) is 22.9 Å². The number of rotatable bonds is 4. The molecule has 0 aromatic heterocycles. The van der Waals surface area contributed by atoms with Crippen LogP contribution in [0.3, 0.4) is 0 Å². The maximum atomic E-state index is 12.8. The zero-order valence-electron chi connectivity index (χ0n) is 15.1. The Morgan fingerprint density at radius 1 is 1.04 bits per heavy atom. The molecule has 3 rings (SSSR count). The first-order valence-corrected chi connectivity index (χ1v) is 10.4. The van der Waals surface area contributed by atoms with Crippen LogP contribution in [0.15, 0.2) is 29.2 Å². The van der Waals surface area contributed by atoms with Gasteiger partial charge in [0.05, 0.1) is 4.90 Å². The van der Waals surface area contributed by atoms with Crippen LogP contribution in [-0.4, -0.2) is 55.3 Å². The lowest BCUT2D eigenvalue weighted by molar-refractivity contribution is -0.130. The van der Waals surface area contributed by atoms with Crippen LogP contribution in [0.5, 0.6) is 0 Å². The van der Waals surface area contributed by atoms with Gasteiger partial charge in [-0.3, -0.25) is 4.79 Å². The van der Waals surface area contributed by atoms with Gasteiger partial charge in [0, 0.05) is 32.1 Å². The molecule has 1 aromatic carbocycles. The van der Waals surface area contributed by atoms with E-state index in [0.717, 1.165) is 18.4 Å². The first-order valence-electron chi connectivity index (χ1n) is 8.95. The maximum Gasteiger partial charge on any atom is 0.331 e. The molecule has 1 aliphatic heterocycles. The number of nitrogens with zero attached hydrogens (tertiary/aromatic N) is 2. The molecule has 1 heterocycles. The number of aryl methyl sites for hydroxylation is 1. The number of urea groups is 1. The number of hydrogen-bond acceptors (Lipinski definition) is 4. The molecule has 7 nitrogen and oxygen atoms in total. The number of nitrogens with one attached hydrogen (secondary N) is 1. The zero-order chi connectivity index (χ0) is 18.9. The molecule has 1 N–H and O–H groups in total. The molecule has 8 heteroatoms. The Morgan fingerprint density at radius 2 is 1.58 bits per heavy atom. The molecule has 1 saturated heterocycles. The average molecular weight is 379 g/mol.